The number of hydrogen-bond donors (Lipinski definition) is 1. The van der Waals surface area contributed by atoms with Crippen molar-refractivity contribution in [3.8, 4) is 0 Å². The van der Waals surface area contributed by atoms with Crippen LogP contribution >= 0.6 is 11.6 Å². The Kier molecular flexibility index (Phi) is 3.93. The number of hydrogen-bond acceptors (Lipinski definition) is 3. The van der Waals surface area contributed by atoms with Crippen molar-refractivity contribution in [2.75, 3.05) is 24.7 Å². The van der Waals surface area contributed by atoms with E-state index in [4.69, 9.17) is 16.3 Å². The summed E-state index contributed by atoms with van der Waals surface area (Å²) in [5.74, 6) is 0. The Hall–Kier alpha value is -0.770. The van der Waals surface area contributed by atoms with Crippen molar-refractivity contribution in [2.45, 2.75) is 44.8 Å². The Bertz CT molecular complexity index is 485. The average Bonchev–Trinajstić information content (AvgIpc) is 3.21. The topological polar surface area (TPSA) is 24.5 Å². The largest absolute Gasteiger partial charge is 0.377 e. The fourth-order valence-corrected chi connectivity index (χ4v) is 2.95. The van der Waals surface area contributed by atoms with Gasteiger partial charge in [0.15, 0.2) is 0 Å². The van der Waals surface area contributed by atoms with Gasteiger partial charge < -0.3 is 15.0 Å². The van der Waals surface area contributed by atoms with E-state index < -0.39 is 0 Å². The Morgan fingerprint density at radius 1 is 1.40 bits per heavy atom. The van der Waals surface area contributed by atoms with Gasteiger partial charge in [-0.1, -0.05) is 17.7 Å². The number of anilines is 1. The van der Waals surface area contributed by atoms with Crippen LogP contribution in [0.5, 0.6) is 0 Å². The number of rotatable bonds is 4. The van der Waals surface area contributed by atoms with Crippen LogP contribution in [-0.2, 0) is 11.3 Å². The Morgan fingerprint density at radius 3 is 2.90 bits per heavy atom. The standard InChI is InChI=1S/C16H23ClN2O/c1-16(2)11-20-8-7-19(16)15-9-13(17)4-3-12(15)10-18-14-5-6-14/h3-4,9,14,18H,5-8,10-11H2,1-2H3. The van der Waals surface area contributed by atoms with Gasteiger partial charge in [0.1, 0.15) is 0 Å². The molecule has 0 radical (unpaired) electrons. The summed E-state index contributed by atoms with van der Waals surface area (Å²) in [6, 6.07) is 6.95. The fraction of sp³-hybridized carbons (Fsp3) is 0.625. The molecule has 0 aromatic heterocycles. The van der Waals surface area contributed by atoms with E-state index in [-0.39, 0.29) is 5.54 Å². The van der Waals surface area contributed by atoms with Crippen LogP contribution in [0.3, 0.4) is 0 Å². The molecule has 0 atom stereocenters. The lowest BCUT2D eigenvalue weighted by Gasteiger charge is -2.44. The van der Waals surface area contributed by atoms with Crippen molar-refractivity contribution >= 4 is 17.3 Å². The molecule has 4 heteroatoms. The molecule has 0 bridgehead atoms. The number of halogens is 1. The summed E-state index contributed by atoms with van der Waals surface area (Å²) in [5.41, 5.74) is 2.59. The number of morpholine rings is 1. The summed E-state index contributed by atoms with van der Waals surface area (Å²) in [4.78, 5) is 2.44. The zero-order valence-electron chi connectivity index (χ0n) is 12.3. The van der Waals surface area contributed by atoms with Crippen molar-refractivity contribution in [1.82, 2.24) is 5.32 Å². The maximum absolute atomic E-state index is 6.23. The zero-order valence-corrected chi connectivity index (χ0v) is 13.0. The van der Waals surface area contributed by atoms with Crippen LogP contribution in [0.25, 0.3) is 0 Å². The second-order valence-electron chi connectivity index (χ2n) is 6.44. The summed E-state index contributed by atoms with van der Waals surface area (Å²) >= 11 is 6.23. The van der Waals surface area contributed by atoms with Crippen molar-refractivity contribution in [1.29, 1.82) is 0 Å². The van der Waals surface area contributed by atoms with Crippen molar-refractivity contribution in [3.63, 3.8) is 0 Å². The van der Waals surface area contributed by atoms with Gasteiger partial charge in [-0.15, -0.1) is 0 Å². The van der Waals surface area contributed by atoms with Gasteiger partial charge >= 0.3 is 0 Å². The number of benzene rings is 1. The van der Waals surface area contributed by atoms with E-state index in [1.807, 2.05) is 6.07 Å². The molecule has 1 N–H and O–H groups in total. The highest BCUT2D eigenvalue weighted by atomic mass is 35.5. The van der Waals surface area contributed by atoms with Gasteiger partial charge in [0, 0.05) is 29.8 Å². The van der Waals surface area contributed by atoms with Gasteiger partial charge in [-0.3, -0.25) is 0 Å². The highest BCUT2D eigenvalue weighted by Crippen LogP contribution is 2.32. The smallest absolute Gasteiger partial charge is 0.0694 e. The monoisotopic (exact) mass is 294 g/mol. The molecule has 1 heterocycles. The minimum absolute atomic E-state index is 0.0112. The third-order valence-electron chi connectivity index (χ3n) is 4.14. The van der Waals surface area contributed by atoms with E-state index in [1.165, 1.54) is 24.1 Å². The van der Waals surface area contributed by atoms with E-state index in [0.29, 0.717) is 0 Å². The van der Waals surface area contributed by atoms with Crippen LogP contribution in [0, 0.1) is 0 Å². The highest BCUT2D eigenvalue weighted by Gasteiger charge is 2.32. The zero-order chi connectivity index (χ0) is 14.2. The lowest BCUT2D eigenvalue weighted by atomic mass is 9.99. The Morgan fingerprint density at radius 2 is 2.20 bits per heavy atom. The summed E-state index contributed by atoms with van der Waals surface area (Å²) in [6.07, 6.45) is 2.62. The first-order chi connectivity index (χ1) is 9.56. The van der Waals surface area contributed by atoms with Crippen molar-refractivity contribution < 1.29 is 4.74 Å². The molecule has 0 unspecified atom stereocenters. The van der Waals surface area contributed by atoms with E-state index in [9.17, 15) is 0 Å². The second-order valence-corrected chi connectivity index (χ2v) is 6.88. The molecule has 3 rings (SSSR count). The molecule has 1 saturated carbocycles. The van der Waals surface area contributed by atoms with Crippen LogP contribution in [0.2, 0.25) is 5.02 Å². The van der Waals surface area contributed by atoms with Crippen LogP contribution in [-0.4, -0.2) is 31.3 Å². The lowest BCUT2D eigenvalue weighted by Crippen LogP contribution is -2.53. The van der Waals surface area contributed by atoms with Gasteiger partial charge in [0.2, 0.25) is 0 Å². The third kappa shape index (κ3) is 3.11. The molecule has 0 spiro atoms. The SMILES string of the molecule is CC1(C)COCCN1c1cc(Cl)ccc1CNC1CC1. The third-order valence-corrected chi connectivity index (χ3v) is 4.38. The highest BCUT2D eigenvalue weighted by molar-refractivity contribution is 6.30. The summed E-state index contributed by atoms with van der Waals surface area (Å²) in [7, 11) is 0. The van der Waals surface area contributed by atoms with Gasteiger partial charge in [0.25, 0.3) is 0 Å². The van der Waals surface area contributed by atoms with Crippen LogP contribution < -0.4 is 10.2 Å². The van der Waals surface area contributed by atoms with Crippen LogP contribution in [0.4, 0.5) is 5.69 Å². The van der Waals surface area contributed by atoms with E-state index in [2.05, 4.69) is 36.2 Å². The maximum Gasteiger partial charge on any atom is 0.0694 e. The molecule has 0 amide bonds. The van der Waals surface area contributed by atoms with Gasteiger partial charge in [0.05, 0.1) is 18.8 Å². The molecular weight excluding hydrogens is 272 g/mol. The molecule has 110 valence electrons. The molecule has 2 fully saturated rings. The molecular formula is C16H23ClN2O. The van der Waals surface area contributed by atoms with Crippen LogP contribution in [0.15, 0.2) is 18.2 Å². The molecule has 3 nitrogen and oxygen atoms in total. The molecule has 1 aliphatic carbocycles. The van der Waals surface area contributed by atoms with Gasteiger partial charge in [-0.25, -0.2) is 0 Å². The minimum atomic E-state index is 0.0112. The normalized spacial score (nSPS) is 22.1. The van der Waals surface area contributed by atoms with Gasteiger partial charge in [-0.2, -0.15) is 0 Å². The number of nitrogens with zero attached hydrogens (tertiary/aromatic N) is 1. The first-order valence-corrected chi connectivity index (χ1v) is 7.81. The van der Waals surface area contributed by atoms with E-state index in [1.54, 1.807) is 0 Å². The molecule has 20 heavy (non-hydrogen) atoms. The predicted molar refractivity (Wildman–Crippen MR) is 83.6 cm³/mol. The molecule has 2 aliphatic rings. The Labute approximate surface area is 126 Å². The Balaban J connectivity index is 1.86. The summed E-state index contributed by atoms with van der Waals surface area (Å²) < 4.78 is 5.62. The van der Waals surface area contributed by atoms with Crippen LogP contribution in [0.1, 0.15) is 32.3 Å². The first-order valence-electron chi connectivity index (χ1n) is 7.43. The van der Waals surface area contributed by atoms with Crippen molar-refractivity contribution in [2.24, 2.45) is 0 Å². The number of ether oxygens (including phenoxy) is 1. The average molecular weight is 295 g/mol. The molecule has 1 aliphatic heterocycles. The second kappa shape index (κ2) is 5.55. The summed E-state index contributed by atoms with van der Waals surface area (Å²) in [6.45, 7) is 7.84. The van der Waals surface area contributed by atoms with E-state index >= 15 is 0 Å². The summed E-state index contributed by atoms with van der Waals surface area (Å²) in [5, 5.41) is 4.40. The lowest BCUT2D eigenvalue weighted by molar-refractivity contribution is 0.0643. The minimum Gasteiger partial charge on any atom is -0.377 e. The van der Waals surface area contributed by atoms with Gasteiger partial charge in [-0.05, 0) is 44.4 Å². The predicted octanol–water partition coefficient (Wildman–Crippen LogP) is 3.21. The quantitative estimate of drug-likeness (QED) is 0.923. The molecule has 1 aromatic carbocycles. The first kappa shape index (κ1) is 14.2. The van der Waals surface area contributed by atoms with Crippen molar-refractivity contribution in [3.05, 3.63) is 28.8 Å². The molecule has 1 saturated heterocycles. The molecule has 1 aromatic rings. The van der Waals surface area contributed by atoms with E-state index in [0.717, 1.165) is 37.4 Å². The number of nitrogens with one attached hydrogen (secondary N) is 1. The maximum atomic E-state index is 6.23. The fourth-order valence-electron chi connectivity index (χ4n) is 2.78.